The topological polar surface area (TPSA) is 52.9 Å². The second-order valence-electron chi connectivity index (χ2n) is 6.76. The van der Waals surface area contributed by atoms with E-state index in [1.807, 2.05) is 4.90 Å². The van der Waals surface area contributed by atoms with Crippen LogP contribution >= 0.6 is 0 Å². The molecule has 1 aliphatic heterocycles. The van der Waals surface area contributed by atoms with E-state index in [-0.39, 0.29) is 17.2 Å². The number of carbonyl (C=O) groups excluding carboxylic acids is 1. The fraction of sp³-hybridized carbons (Fsp3) is 0.867. The molecule has 110 valence electrons. The lowest BCUT2D eigenvalue weighted by Gasteiger charge is -2.35. The Bertz CT molecular complexity index is 345. The van der Waals surface area contributed by atoms with Gasteiger partial charge in [0.15, 0.2) is 0 Å². The molecule has 4 nitrogen and oxygen atoms in total. The quantitative estimate of drug-likeness (QED) is 0.631. The van der Waals surface area contributed by atoms with E-state index < -0.39 is 0 Å². The Balaban J connectivity index is 2.60. The summed E-state index contributed by atoms with van der Waals surface area (Å²) in [6, 6.07) is 0. The fourth-order valence-corrected chi connectivity index (χ4v) is 2.34. The van der Waals surface area contributed by atoms with Gasteiger partial charge in [-0.15, -0.1) is 0 Å². The van der Waals surface area contributed by atoms with Gasteiger partial charge in [0.1, 0.15) is 0 Å². The van der Waals surface area contributed by atoms with Gasteiger partial charge in [0.05, 0.1) is 5.71 Å². The van der Waals surface area contributed by atoms with Gasteiger partial charge in [-0.05, 0) is 17.8 Å². The third kappa shape index (κ3) is 4.22. The molecule has 2 unspecified atom stereocenters. The van der Waals surface area contributed by atoms with Crippen molar-refractivity contribution >= 4 is 11.6 Å². The van der Waals surface area contributed by atoms with Gasteiger partial charge >= 0.3 is 0 Å². The zero-order valence-corrected chi connectivity index (χ0v) is 12.9. The molecule has 1 amide bonds. The van der Waals surface area contributed by atoms with Gasteiger partial charge in [0, 0.05) is 31.8 Å². The minimum atomic E-state index is 0.160. The predicted octanol–water partition coefficient (Wildman–Crippen LogP) is 3.15. The molecule has 1 heterocycles. The van der Waals surface area contributed by atoms with Crippen LogP contribution in [0.4, 0.5) is 0 Å². The molecule has 19 heavy (non-hydrogen) atoms. The molecule has 1 rings (SSSR count). The van der Waals surface area contributed by atoms with E-state index >= 15 is 0 Å². The summed E-state index contributed by atoms with van der Waals surface area (Å²) in [5.74, 6) is 0.818. The Hall–Kier alpha value is -1.06. The molecule has 1 fully saturated rings. The number of hydrogen-bond acceptors (Lipinski definition) is 3. The van der Waals surface area contributed by atoms with Crippen LogP contribution in [0.1, 0.15) is 53.9 Å². The zero-order chi connectivity index (χ0) is 14.6. The van der Waals surface area contributed by atoms with Gasteiger partial charge in [-0.3, -0.25) is 4.79 Å². The second kappa shape index (κ2) is 6.40. The Morgan fingerprint density at radius 3 is 2.63 bits per heavy atom. The maximum absolute atomic E-state index is 12.3. The minimum Gasteiger partial charge on any atom is -0.411 e. The van der Waals surface area contributed by atoms with Crippen molar-refractivity contribution in [1.82, 2.24) is 4.90 Å². The molecule has 0 bridgehead atoms. The molecule has 0 aliphatic carbocycles. The van der Waals surface area contributed by atoms with Gasteiger partial charge in [0.25, 0.3) is 0 Å². The Labute approximate surface area is 116 Å². The molecular weight excluding hydrogens is 240 g/mol. The minimum absolute atomic E-state index is 0.160. The van der Waals surface area contributed by atoms with Crippen LogP contribution in [0.2, 0.25) is 0 Å². The van der Waals surface area contributed by atoms with Crippen molar-refractivity contribution in [3.8, 4) is 0 Å². The Morgan fingerprint density at radius 2 is 2.16 bits per heavy atom. The highest BCUT2D eigenvalue weighted by atomic mass is 16.4. The highest BCUT2D eigenvalue weighted by Gasteiger charge is 2.30. The third-order valence-electron chi connectivity index (χ3n) is 4.48. The number of rotatable bonds is 3. The van der Waals surface area contributed by atoms with Crippen LogP contribution in [0.5, 0.6) is 0 Å². The first-order valence-electron chi connectivity index (χ1n) is 7.28. The average molecular weight is 268 g/mol. The first kappa shape index (κ1) is 16.0. The van der Waals surface area contributed by atoms with Crippen LogP contribution in [0.15, 0.2) is 5.16 Å². The van der Waals surface area contributed by atoms with Gasteiger partial charge in [0.2, 0.25) is 5.91 Å². The normalized spacial score (nSPS) is 24.6. The summed E-state index contributed by atoms with van der Waals surface area (Å²) in [7, 11) is 0. The Kier molecular flexibility index (Phi) is 5.39. The van der Waals surface area contributed by atoms with E-state index in [2.05, 4.69) is 39.8 Å². The predicted molar refractivity (Wildman–Crippen MR) is 77.4 cm³/mol. The summed E-state index contributed by atoms with van der Waals surface area (Å²) in [5.41, 5.74) is 1.00. The fourth-order valence-electron chi connectivity index (χ4n) is 2.34. The maximum atomic E-state index is 12.3. The van der Waals surface area contributed by atoms with Gasteiger partial charge in [-0.1, -0.05) is 39.8 Å². The van der Waals surface area contributed by atoms with Gasteiger partial charge < -0.3 is 10.1 Å². The highest BCUT2D eigenvalue weighted by Crippen LogP contribution is 2.29. The lowest BCUT2D eigenvalue weighted by Crippen LogP contribution is -2.44. The highest BCUT2D eigenvalue weighted by molar-refractivity contribution is 5.89. The number of nitrogens with zero attached hydrogens (tertiary/aromatic N) is 2. The average Bonchev–Trinajstić information content (AvgIpc) is 2.36. The van der Waals surface area contributed by atoms with Crippen molar-refractivity contribution in [3.05, 3.63) is 0 Å². The maximum Gasteiger partial charge on any atom is 0.222 e. The number of piperidine rings is 1. The van der Waals surface area contributed by atoms with Gasteiger partial charge in [-0.25, -0.2) is 0 Å². The monoisotopic (exact) mass is 268 g/mol. The summed E-state index contributed by atoms with van der Waals surface area (Å²) < 4.78 is 0. The summed E-state index contributed by atoms with van der Waals surface area (Å²) >= 11 is 0. The third-order valence-corrected chi connectivity index (χ3v) is 4.48. The van der Waals surface area contributed by atoms with Crippen LogP contribution in [0.3, 0.4) is 0 Å². The van der Waals surface area contributed by atoms with Crippen LogP contribution in [-0.4, -0.2) is 34.8 Å². The van der Waals surface area contributed by atoms with E-state index in [1.54, 1.807) is 0 Å². The van der Waals surface area contributed by atoms with Crippen molar-refractivity contribution in [2.45, 2.75) is 53.9 Å². The molecule has 0 aromatic heterocycles. The van der Waals surface area contributed by atoms with Gasteiger partial charge in [-0.2, -0.15) is 0 Å². The molecule has 0 saturated carbocycles. The smallest absolute Gasteiger partial charge is 0.222 e. The van der Waals surface area contributed by atoms with Crippen molar-refractivity contribution in [2.75, 3.05) is 13.1 Å². The Morgan fingerprint density at radius 1 is 1.53 bits per heavy atom. The number of carbonyl (C=O) groups is 1. The summed E-state index contributed by atoms with van der Waals surface area (Å²) in [6.45, 7) is 12.1. The lowest BCUT2D eigenvalue weighted by atomic mass is 9.79. The van der Waals surface area contributed by atoms with Crippen LogP contribution < -0.4 is 0 Å². The molecule has 0 aromatic carbocycles. The molecule has 4 heteroatoms. The summed E-state index contributed by atoms with van der Waals surface area (Å²) in [5, 5.41) is 12.3. The lowest BCUT2D eigenvalue weighted by molar-refractivity contribution is -0.133. The molecule has 0 radical (unpaired) electrons. The first-order valence-corrected chi connectivity index (χ1v) is 7.28. The molecular formula is C15H28N2O2. The number of hydrogen-bond donors (Lipinski definition) is 1. The number of amides is 1. The van der Waals surface area contributed by atoms with E-state index in [0.717, 1.165) is 12.1 Å². The van der Waals surface area contributed by atoms with Crippen molar-refractivity contribution < 1.29 is 10.0 Å². The van der Waals surface area contributed by atoms with Crippen LogP contribution in [0, 0.1) is 17.3 Å². The van der Waals surface area contributed by atoms with E-state index in [4.69, 9.17) is 5.21 Å². The molecule has 0 aromatic rings. The van der Waals surface area contributed by atoms with Crippen molar-refractivity contribution in [2.24, 2.45) is 22.4 Å². The van der Waals surface area contributed by atoms with E-state index in [1.165, 1.54) is 0 Å². The molecule has 1 aliphatic rings. The molecule has 0 spiro atoms. The first-order chi connectivity index (χ1) is 8.79. The van der Waals surface area contributed by atoms with Crippen molar-refractivity contribution in [1.29, 1.82) is 0 Å². The van der Waals surface area contributed by atoms with Crippen molar-refractivity contribution in [3.63, 3.8) is 0 Å². The molecule has 1 saturated heterocycles. The number of oxime groups is 1. The van der Waals surface area contributed by atoms with Crippen LogP contribution in [0.25, 0.3) is 0 Å². The molecule has 1 N–H and O–H groups in total. The summed E-state index contributed by atoms with van der Waals surface area (Å²) in [4.78, 5) is 14.3. The summed E-state index contributed by atoms with van der Waals surface area (Å²) in [6.07, 6.45) is 2.22. The van der Waals surface area contributed by atoms with Crippen LogP contribution in [-0.2, 0) is 4.79 Å². The largest absolute Gasteiger partial charge is 0.411 e. The second-order valence-corrected chi connectivity index (χ2v) is 6.76. The SMILES string of the molecule is CCC1CN(C(=O)CC(C)C(C)(C)C)CCC1=NO. The number of likely N-dealkylation sites (tertiary alicyclic amines) is 1. The van der Waals surface area contributed by atoms with E-state index in [9.17, 15) is 4.79 Å². The zero-order valence-electron chi connectivity index (χ0n) is 12.9. The molecule has 2 atom stereocenters. The van der Waals surface area contributed by atoms with E-state index in [0.29, 0.717) is 31.8 Å². The standard InChI is InChI=1S/C15H28N2O2/c1-6-12-10-17(8-7-13(12)16-19)14(18)9-11(2)15(3,4)5/h11-12,19H,6-10H2,1-5H3.